The summed E-state index contributed by atoms with van der Waals surface area (Å²) in [4.78, 5) is 26.1. The van der Waals surface area contributed by atoms with Gasteiger partial charge in [-0.1, -0.05) is 12.1 Å². The molecule has 0 N–H and O–H groups in total. The van der Waals surface area contributed by atoms with Crippen LogP contribution in [0.5, 0.6) is 0 Å². The summed E-state index contributed by atoms with van der Waals surface area (Å²) in [5.74, 6) is -0.459. The van der Waals surface area contributed by atoms with Crippen molar-refractivity contribution in [1.82, 2.24) is 9.21 Å². The van der Waals surface area contributed by atoms with E-state index in [-0.39, 0.29) is 23.6 Å². The molecule has 6 nitrogen and oxygen atoms in total. The predicted octanol–water partition coefficient (Wildman–Crippen LogP) is 1.10. The van der Waals surface area contributed by atoms with Crippen molar-refractivity contribution in [1.29, 1.82) is 0 Å². The minimum Gasteiger partial charge on any atom is -0.271 e. The third-order valence-electron chi connectivity index (χ3n) is 4.37. The Morgan fingerprint density at radius 1 is 1.05 bits per heavy atom. The second-order valence-electron chi connectivity index (χ2n) is 5.56. The highest BCUT2D eigenvalue weighted by Crippen LogP contribution is 2.28. The lowest BCUT2D eigenvalue weighted by Crippen LogP contribution is -2.48. The zero-order valence-corrected chi connectivity index (χ0v) is 13.2. The van der Waals surface area contributed by atoms with Crippen LogP contribution < -0.4 is 0 Å². The van der Waals surface area contributed by atoms with Crippen molar-refractivity contribution >= 4 is 21.8 Å². The molecule has 22 heavy (non-hydrogen) atoms. The van der Waals surface area contributed by atoms with Gasteiger partial charge in [-0.2, -0.15) is 0 Å². The van der Waals surface area contributed by atoms with Crippen molar-refractivity contribution < 1.29 is 18.0 Å². The maximum Gasteiger partial charge on any atom is 0.261 e. The maximum atomic E-state index is 12.4. The normalized spacial score (nSPS) is 20.5. The first-order valence-electron chi connectivity index (χ1n) is 7.40. The molecule has 0 aliphatic carbocycles. The van der Waals surface area contributed by atoms with Gasteiger partial charge in [0.2, 0.25) is 10.0 Å². The van der Waals surface area contributed by atoms with Gasteiger partial charge < -0.3 is 0 Å². The van der Waals surface area contributed by atoms with E-state index in [9.17, 15) is 18.0 Å². The van der Waals surface area contributed by atoms with Crippen LogP contribution in [0, 0.1) is 0 Å². The van der Waals surface area contributed by atoms with Gasteiger partial charge in [0.1, 0.15) is 0 Å². The molecule has 0 radical (unpaired) electrons. The highest BCUT2D eigenvalue weighted by Gasteiger charge is 2.41. The standard InChI is InChI=1S/C15H18N2O4S/c1-2-22(20,21)16-9-7-11(8-10-16)17-14(18)12-5-3-4-6-13(12)15(17)19/h3-6,11H,2,7-10H2,1H3. The monoisotopic (exact) mass is 322 g/mol. The number of carbonyl (C=O) groups is 2. The van der Waals surface area contributed by atoms with E-state index in [1.165, 1.54) is 9.21 Å². The molecule has 0 atom stereocenters. The van der Waals surface area contributed by atoms with E-state index in [4.69, 9.17) is 0 Å². The Labute approximate surface area is 129 Å². The SMILES string of the molecule is CCS(=O)(=O)N1CCC(N2C(=O)c3ccccc3C2=O)CC1. The van der Waals surface area contributed by atoms with Crippen LogP contribution >= 0.6 is 0 Å². The smallest absolute Gasteiger partial charge is 0.261 e. The summed E-state index contributed by atoms with van der Waals surface area (Å²) in [7, 11) is -3.20. The van der Waals surface area contributed by atoms with Crippen molar-refractivity contribution in [3.63, 3.8) is 0 Å². The average molecular weight is 322 g/mol. The van der Waals surface area contributed by atoms with Crippen molar-refractivity contribution in [2.45, 2.75) is 25.8 Å². The van der Waals surface area contributed by atoms with Crippen molar-refractivity contribution in [2.75, 3.05) is 18.8 Å². The summed E-state index contributed by atoms with van der Waals surface area (Å²) < 4.78 is 25.2. The van der Waals surface area contributed by atoms with E-state index in [1.54, 1.807) is 31.2 Å². The number of hydrogen-bond acceptors (Lipinski definition) is 4. The molecular weight excluding hydrogens is 304 g/mol. The molecule has 1 saturated heterocycles. The summed E-state index contributed by atoms with van der Waals surface area (Å²) in [5.41, 5.74) is 0.882. The van der Waals surface area contributed by atoms with Crippen LogP contribution in [0.3, 0.4) is 0 Å². The number of rotatable bonds is 3. The molecular formula is C15H18N2O4S. The van der Waals surface area contributed by atoms with Gasteiger partial charge in [0.25, 0.3) is 11.8 Å². The van der Waals surface area contributed by atoms with Gasteiger partial charge in [0.15, 0.2) is 0 Å². The highest BCUT2D eigenvalue weighted by atomic mass is 32.2. The summed E-state index contributed by atoms with van der Waals surface area (Å²) in [6.07, 6.45) is 0.982. The molecule has 0 bridgehead atoms. The number of nitrogens with zero attached hydrogens (tertiary/aromatic N) is 2. The predicted molar refractivity (Wildman–Crippen MR) is 81.0 cm³/mol. The van der Waals surface area contributed by atoms with E-state index >= 15 is 0 Å². The second-order valence-corrected chi connectivity index (χ2v) is 7.81. The number of benzene rings is 1. The van der Waals surface area contributed by atoms with Crippen LogP contribution in [-0.4, -0.2) is 54.3 Å². The van der Waals surface area contributed by atoms with Crippen LogP contribution in [0.1, 0.15) is 40.5 Å². The topological polar surface area (TPSA) is 74.8 Å². The molecule has 2 heterocycles. The van der Waals surface area contributed by atoms with E-state index < -0.39 is 10.0 Å². The van der Waals surface area contributed by atoms with E-state index in [1.807, 2.05) is 0 Å². The number of fused-ring (bicyclic) bond motifs is 1. The van der Waals surface area contributed by atoms with E-state index in [0.29, 0.717) is 37.1 Å². The number of amides is 2. The Kier molecular flexibility index (Phi) is 3.78. The molecule has 2 aliphatic rings. The van der Waals surface area contributed by atoms with Gasteiger partial charge in [0, 0.05) is 19.1 Å². The number of piperidine rings is 1. The third-order valence-corrected chi connectivity index (χ3v) is 6.25. The largest absolute Gasteiger partial charge is 0.271 e. The first-order valence-corrected chi connectivity index (χ1v) is 9.01. The summed E-state index contributed by atoms with van der Waals surface area (Å²) in [6.45, 7) is 2.33. The van der Waals surface area contributed by atoms with Crippen molar-refractivity contribution in [3.05, 3.63) is 35.4 Å². The maximum absolute atomic E-state index is 12.4. The molecule has 0 unspecified atom stereocenters. The number of hydrogen-bond donors (Lipinski definition) is 0. The zero-order valence-electron chi connectivity index (χ0n) is 12.4. The fraction of sp³-hybridized carbons (Fsp3) is 0.467. The molecule has 1 aromatic rings. The van der Waals surface area contributed by atoms with Crippen LogP contribution in [0.2, 0.25) is 0 Å². The molecule has 1 fully saturated rings. The van der Waals surface area contributed by atoms with E-state index in [2.05, 4.69) is 0 Å². The molecule has 7 heteroatoms. The molecule has 3 rings (SSSR count). The lowest BCUT2D eigenvalue weighted by atomic mass is 10.1. The van der Waals surface area contributed by atoms with Crippen LogP contribution in [-0.2, 0) is 10.0 Å². The fourth-order valence-electron chi connectivity index (χ4n) is 3.10. The van der Waals surface area contributed by atoms with Gasteiger partial charge in [-0.3, -0.25) is 14.5 Å². The Bertz CT molecular complexity index is 686. The number of imide groups is 1. The number of carbonyl (C=O) groups excluding carboxylic acids is 2. The Hall–Kier alpha value is -1.73. The zero-order chi connectivity index (χ0) is 15.9. The van der Waals surface area contributed by atoms with Crippen LogP contribution in [0.25, 0.3) is 0 Å². The first-order chi connectivity index (χ1) is 10.5. The summed E-state index contributed by atoms with van der Waals surface area (Å²) in [6, 6.07) is 6.57. The van der Waals surface area contributed by atoms with E-state index in [0.717, 1.165) is 0 Å². The number of sulfonamides is 1. The van der Waals surface area contributed by atoms with Gasteiger partial charge in [0.05, 0.1) is 16.9 Å². The van der Waals surface area contributed by atoms with Crippen LogP contribution in [0.15, 0.2) is 24.3 Å². The summed E-state index contributed by atoms with van der Waals surface area (Å²) >= 11 is 0. The minimum atomic E-state index is -3.20. The second kappa shape index (κ2) is 5.48. The van der Waals surface area contributed by atoms with Gasteiger partial charge in [-0.15, -0.1) is 0 Å². The lowest BCUT2D eigenvalue weighted by Gasteiger charge is -2.34. The molecule has 118 valence electrons. The molecule has 1 aromatic carbocycles. The molecule has 0 aromatic heterocycles. The molecule has 0 spiro atoms. The van der Waals surface area contributed by atoms with Gasteiger partial charge in [-0.25, -0.2) is 12.7 Å². The summed E-state index contributed by atoms with van der Waals surface area (Å²) in [5, 5.41) is 0. The Morgan fingerprint density at radius 2 is 1.55 bits per heavy atom. The first kappa shape index (κ1) is 15.2. The van der Waals surface area contributed by atoms with Crippen molar-refractivity contribution in [3.8, 4) is 0 Å². The van der Waals surface area contributed by atoms with Gasteiger partial charge in [-0.05, 0) is 31.9 Å². The fourth-order valence-corrected chi connectivity index (χ4v) is 4.23. The average Bonchev–Trinajstić information content (AvgIpc) is 2.79. The molecule has 0 saturated carbocycles. The molecule has 2 amide bonds. The van der Waals surface area contributed by atoms with Crippen LogP contribution in [0.4, 0.5) is 0 Å². The van der Waals surface area contributed by atoms with Crippen molar-refractivity contribution in [2.24, 2.45) is 0 Å². The van der Waals surface area contributed by atoms with Gasteiger partial charge >= 0.3 is 0 Å². The Balaban J connectivity index is 1.76. The molecule has 2 aliphatic heterocycles. The quantitative estimate of drug-likeness (QED) is 0.781. The highest BCUT2D eigenvalue weighted by molar-refractivity contribution is 7.89. The minimum absolute atomic E-state index is 0.0741. The lowest BCUT2D eigenvalue weighted by molar-refractivity contribution is 0.0536. The third kappa shape index (κ3) is 2.34. The Morgan fingerprint density at radius 3 is 2.00 bits per heavy atom.